The number of methoxy groups -OCH3 is 1. The van der Waals surface area contributed by atoms with E-state index in [1.807, 2.05) is 12.1 Å². The van der Waals surface area contributed by atoms with Gasteiger partial charge in [0, 0.05) is 17.9 Å². The molecule has 0 radical (unpaired) electrons. The minimum atomic E-state index is -1.05. The van der Waals surface area contributed by atoms with Gasteiger partial charge in [-0.05, 0) is 67.5 Å². The maximum absolute atomic E-state index is 13.3. The smallest absolute Gasteiger partial charge is 0.322 e. The number of piperidine rings is 1. The van der Waals surface area contributed by atoms with Crippen molar-refractivity contribution in [2.45, 2.75) is 61.1 Å². The third-order valence-electron chi connectivity index (χ3n) is 7.74. The molecule has 2 heterocycles. The maximum atomic E-state index is 13.3. The SMILES string of the molecule is COc1cc(CCF)c2c(c1)[C@]13CCN[C@H](C2)[C@]1(O)CC[C@@]1(C3)NC(=O)NC1=O. The van der Waals surface area contributed by atoms with Gasteiger partial charge in [0.1, 0.15) is 11.3 Å². The minimum Gasteiger partial charge on any atom is -0.497 e. The molecule has 1 spiro atoms. The first-order chi connectivity index (χ1) is 13.9. The Balaban J connectivity index is 1.72. The van der Waals surface area contributed by atoms with E-state index in [4.69, 9.17) is 4.74 Å². The highest BCUT2D eigenvalue weighted by Crippen LogP contribution is 2.59. The number of nitrogens with one attached hydrogen (secondary N) is 3. The number of benzene rings is 1. The summed E-state index contributed by atoms with van der Waals surface area (Å²) >= 11 is 0. The summed E-state index contributed by atoms with van der Waals surface area (Å²) in [5, 5.41) is 20.6. The lowest BCUT2D eigenvalue weighted by atomic mass is 9.46. The van der Waals surface area contributed by atoms with Crippen LogP contribution in [0.3, 0.4) is 0 Å². The molecular weight excluding hydrogens is 377 g/mol. The van der Waals surface area contributed by atoms with Crippen molar-refractivity contribution >= 4 is 11.9 Å². The molecule has 8 heteroatoms. The number of rotatable bonds is 3. The number of urea groups is 1. The van der Waals surface area contributed by atoms with Crippen LogP contribution in [-0.4, -0.2) is 54.6 Å². The van der Waals surface area contributed by atoms with Crippen LogP contribution in [-0.2, 0) is 23.1 Å². The van der Waals surface area contributed by atoms with Crippen molar-refractivity contribution < 1.29 is 23.8 Å². The Kier molecular flexibility index (Phi) is 3.99. The average Bonchev–Trinajstić information content (AvgIpc) is 2.95. The molecule has 1 aromatic rings. The predicted octanol–water partition coefficient (Wildman–Crippen LogP) is 0.856. The Hall–Kier alpha value is -2.19. The number of carbonyl (C=O) groups is 2. The summed E-state index contributed by atoms with van der Waals surface area (Å²) in [7, 11) is 1.58. The molecule has 7 nitrogen and oxygen atoms in total. The topological polar surface area (TPSA) is 99.7 Å². The first kappa shape index (κ1) is 18.8. The number of hydrogen-bond acceptors (Lipinski definition) is 5. The van der Waals surface area contributed by atoms with Crippen LogP contribution in [0.5, 0.6) is 5.75 Å². The Bertz CT molecular complexity index is 908. The third-order valence-corrected chi connectivity index (χ3v) is 7.74. The molecule has 0 aromatic heterocycles. The van der Waals surface area contributed by atoms with Gasteiger partial charge in [0.2, 0.25) is 0 Å². The lowest BCUT2D eigenvalue weighted by Crippen LogP contribution is -2.75. The van der Waals surface area contributed by atoms with E-state index < -0.39 is 29.3 Å². The van der Waals surface area contributed by atoms with E-state index in [-0.39, 0.29) is 18.4 Å². The molecule has 4 atom stereocenters. The van der Waals surface area contributed by atoms with Gasteiger partial charge in [0.05, 0.1) is 19.4 Å². The van der Waals surface area contributed by atoms with Crippen molar-refractivity contribution in [3.63, 3.8) is 0 Å². The summed E-state index contributed by atoms with van der Waals surface area (Å²) in [5.41, 5.74) is 0.0697. The van der Waals surface area contributed by atoms with E-state index in [1.165, 1.54) is 0 Å². The van der Waals surface area contributed by atoms with Gasteiger partial charge >= 0.3 is 6.03 Å². The molecule has 5 rings (SSSR count). The highest BCUT2D eigenvalue weighted by atomic mass is 19.1. The second kappa shape index (κ2) is 6.15. The summed E-state index contributed by atoms with van der Waals surface area (Å²) in [5.74, 6) is 0.299. The van der Waals surface area contributed by atoms with Crippen LogP contribution in [0.1, 0.15) is 42.4 Å². The molecule has 2 bridgehead atoms. The minimum absolute atomic E-state index is 0.173. The molecule has 3 fully saturated rings. The van der Waals surface area contributed by atoms with Gasteiger partial charge < -0.3 is 20.5 Å². The molecule has 4 N–H and O–H groups in total. The number of carbonyl (C=O) groups excluding carboxylic acids is 2. The van der Waals surface area contributed by atoms with Crippen LogP contribution < -0.4 is 20.7 Å². The Labute approximate surface area is 168 Å². The number of aryl methyl sites for hydroxylation is 1. The van der Waals surface area contributed by atoms with E-state index >= 15 is 0 Å². The largest absolute Gasteiger partial charge is 0.497 e. The van der Waals surface area contributed by atoms with E-state index in [0.717, 1.165) is 16.7 Å². The quantitative estimate of drug-likeness (QED) is 0.561. The lowest BCUT2D eigenvalue weighted by Gasteiger charge is -2.63. The van der Waals surface area contributed by atoms with Crippen LogP contribution in [0, 0.1) is 0 Å². The first-order valence-electron chi connectivity index (χ1n) is 10.2. The van der Waals surface area contributed by atoms with E-state index in [9.17, 15) is 19.1 Å². The summed E-state index contributed by atoms with van der Waals surface area (Å²) in [6, 6.07) is 3.16. The van der Waals surface area contributed by atoms with Crippen LogP contribution >= 0.6 is 0 Å². The number of halogens is 1. The number of alkyl halides is 1. The number of aliphatic hydroxyl groups is 1. The van der Waals surface area contributed by atoms with Crippen molar-refractivity contribution in [2.75, 3.05) is 20.3 Å². The molecule has 156 valence electrons. The lowest BCUT2D eigenvalue weighted by molar-refractivity contribution is -0.151. The van der Waals surface area contributed by atoms with Crippen LogP contribution in [0.4, 0.5) is 9.18 Å². The predicted molar refractivity (Wildman–Crippen MR) is 103 cm³/mol. The van der Waals surface area contributed by atoms with Gasteiger partial charge in [0.25, 0.3) is 5.91 Å². The standard InChI is InChI=1S/C21H26FN3O4/c1-29-13-8-12(2-6-22)14-10-16-21(28)4-3-20(17(26)24-18(27)25-20)11-19(21,5-7-23-16)15(14)9-13/h8-9,16,23,28H,2-7,10-11H2,1H3,(H2,24,25,26,27)/t16-,19-,20+,21-/m1/s1. The molecule has 4 aliphatic rings. The number of hydrogen-bond donors (Lipinski definition) is 4. The average molecular weight is 403 g/mol. The molecule has 29 heavy (non-hydrogen) atoms. The zero-order valence-corrected chi connectivity index (χ0v) is 16.4. The fourth-order valence-electron chi connectivity index (χ4n) is 6.39. The zero-order valence-electron chi connectivity index (χ0n) is 16.4. The summed E-state index contributed by atoms with van der Waals surface area (Å²) < 4.78 is 18.8. The Morgan fingerprint density at radius 1 is 1.28 bits per heavy atom. The second-order valence-corrected chi connectivity index (χ2v) is 8.89. The molecule has 1 aromatic carbocycles. The van der Waals surface area contributed by atoms with E-state index in [1.54, 1.807) is 7.11 Å². The van der Waals surface area contributed by atoms with E-state index in [0.29, 0.717) is 44.4 Å². The molecule has 2 aliphatic carbocycles. The van der Waals surface area contributed by atoms with Crippen LogP contribution in [0.2, 0.25) is 0 Å². The zero-order chi connectivity index (χ0) is 20.4. The first-order valence-corrected chi connectivity index (χ1v) is 10.2. The van der Waals surface area contributed by atoms with Gasteiger partial charge in [0.15, 0.2) is 0 Å². The molecule has 1 saturated carbocycles. The normalized spacial score (nSPS) is 37.6. The van der Waals surface area contributed by atoms with Gasteiger partial charge in [-0.3, -0.25) is 14.5 Å². The van der Waals surface area contributed by atoms with Gasteiger partial charge in [-0.1, -0.05) is 0 Å². The Morgan fingerprint density at radius 3 is 2.79 bits per heavy atom. The molecular formula is C21H26FN3O4. The fourth-order valence-corrected chi connectivity index (χ4v) is 6.39. The van der Waals surface area contributed by atoms with Crippen molar-refractivity contribution in [1.82, 2.24) is 16.0 Å². The number of ether oxygens (including phenoxy) is 1. The number of fused-ring (bicyclic) bond motifs is 1. The van der Waals surface area contributed by atoms with Crippen molar-refractivity contribution in [3.05, 3.63) is 28.8 Å². The molecule has 2 saturated heterocycles. The molecule has 3 amide bonds. The second-order valence-electron chi connectivity index (χ2n) is 8.89. The number of amides is 3. The summed E-state index contributed by atoms with van der Waals surface area (Å²) in [6.45, 7) is 0.227. The molecule has 0 unspecified atom stereocenters. The maximum Gasteiger partial charge on any atom is 0.322 e. The van der Waals surface area contributed by atoms with Crippen LogP contribution in [0.25, 0.3) is 0 Å². The monoisotopic (exact) mass is 403 g/mol. The fraction of sp³-hybridized carbons (Fsp3) is 0.619. The molecule has 2 aliphatic heterocycles. The summed E-state index contributed by atoms with van der Waals surface area (Å²) in [4.78, 5) is 24.7. The van der Waals surface area contributed by atoms with Crippen LogP contribution in [0.15, 0.2) is 12.1 Å². The van der Waals surface area contributed by atoms with Gasteiger partial charge in [-0.15, -0.1) is 0 Å². The highest BCUT2D eigenvalue weighted by Gasteiger charge is 2.68. The third kappa shape index (κ3) is 2.36. The van der Waals surface area contributed by atoms with Gasteiger partial charge in [-0.25, -0.2) is 4.79 Å². The van der Waals surface area contributed by atoms with E-state index in [2.05, 4.69) is 16.0 Å². The van der Waals surface area contributed by atoms with Crippen molar-refractivity contribution in [3.8, 4) is 5.75 Å². The summed E-state index contributed by atoms with van der Waals surface area (Å²) in [6.07, 6.45) is 2.62. The van der Waals surface area contributed by atoms with Gasteiger partial charge in [-0.2, -0.15) is 0 Å². The number of imide groups is 1. The Morgan fingerprint density at radius 2 is 2.10 bits per heavy atom. The highest BCUT2D eigenvalue weighted by molar-refractivity contribution is 6.07. The van der Waals surface area contributed by atoms with Crippen molar-refractivity contribution in [1.29, 1.82) is 0 Å². The van der Waals surface area contributed by atoms with Crippen molar-refractivity contribution in [2.24, 2.45) is 0 Å².